The van der Waals surface area contributed by atoms with Crippen molar-refractivity contribution < 1.29 is 4.74 Å². The third-order valence-corrected chi connectivity index (χ3v) is 4.67. The van der Waals surface area contributed by atoms with Gasteiger partial charge < -0.3 is 10.1 Å². The van der Waals surface area contributed by atoms with Crippen LogP contribution < -0.4 is 10.1 Å². The number of nitrogens with zero attached hydrogens (tertiary/aromatic N) is 1. The second-order valence-electron chi connectivity index (χ2n) is 6.05. The van der Waals surface area contributed by atoms with E-state index in [2.05, 4.69) is 30.4 Å². The molecule has 3 heteroatoms. The fraction of sp³-hybridized carbons (Fsp3) is 0.500. The normalized spacial score (nSPS) is 17.2. The van der Waals surface area contributed by atoms with Crippen molar-refractivity contribution in [2.45, 2.75) is 45.2 Å². The zero-order valence-electron chi connectivity index (χ0n) is 12.9. The quantitative estimate of drug-likeness (QED) is 0.904. The maximum atomic E-state index is 5.41. The molecule has 3 nitrogen and oxygen atoms in total. The van der Waals surface area contributed by atoms with E-state index in [1.54, 1.807) is 7.11 Å². The molecule has 0 amide bonds. The molecule has 0 aliphatic heterocycles. The maximum Gasteiger partial charge on any atom is 0.145 e. The number of pyridine rings is 1. The number of ether oxygens (including phenoxy) is 1. The van der Waals surface area contributed by atoms with Crippen LogP contribution >= 0.6 is 0 Å². The molecule has 1 aliphatic carbocycles. The van der Waals surface area contributed by atoms with Crippen molar-refractivity contribution in [3.63, 3.8) is 0 Å². The summed E-state index contributed by atoms with van der Waals surface area (Å²) in [6.07, 6.45) is 5.52. The van der Waals surface area contributed by atoms with E-state index in [0.717, 1.165) is 34.8 Å². The first kappa shape index (κ1) is 14.3. The van der Waals surface area contributed by atoms with Crippen molar-refractivity contribution in [3.05, 3.63) is 36.0 Å². The van der Waals surface area contributed by atoms with E-state index in [1.807, 2.05) is 12.1 Å². The third-order valence-electron chi connectivity index (χ3n) is 4.67. The first-order valence-corrected chi connectivity index (χ1v) is 7.94. The van der Waals surface area contributed by atoms with Crippen molar-refractivity contribution in [3.8, 4) is 5.75 Å². The van der Waals surface area contributed by atoms with Gasteiger partial charge in [0.15, 0.2) is 0 Å². The van der Waals surface area contributed by atoms with Gasteiger partial charge in [-0.05, 0) is 37.8 Å². The van der Waals surface area contributed by atoms with Gasteiger partial charge in [-0.25, -0.2) is 4.98 Å². The highest BCUT2D eigenvalue weighted by Crippen LogP contribution is 2.28. The lowest BCUT2D eigenvalue weighted by Gasteiger charge is -2.20. The van der Waals surface area contributed by atoms with E-state index in [9.17, 15) is 0 Å². The van der Waals surface area contributed by atoms with E-state index >= 15 is 0 Å². The van der Waals surface area contributed by atoms with E-state index in [4.69, 9.17) is 9.72 Å². The molecule has 0 bridgehead atoms. The van der Waals surface area contributed by atoms with Crippen LogP contribution in [0.5, 0.6) is 5.75 Å². The van der Waals surface area contributed by atoms with Gasteiger partial charge in [0, 0.05) is 18.0 Å². The predicted octanol–water partition coefficient (Wildman–Crippen LogP) is 3.91. The summed E-state index contributed by atoms with van der Waals surface area (Å²) in [5.74, 6) is 1.68. The Bertz CT molecular complexity index is 605. The lowest BCUT2D eigenvalue weighted by atomic mass is 10.00. The minimum Gasteiger partial charge on any atom is -0.494 e. The summed E-state index contributed by atoms with van der Waals surface area (Å²) in [5, 5.41) is 4.77. The fourth-order valence-electron chi connectivity index (χ4n) is 3.31. The molecule has 0 saturated heterocycles. The number of rotatable bonds is 5. The first-order chi connectivity index (χ1) is 10.3. The van der Waals surface area contributed by atoms with E-state index < -0.39 is 0 Å². The van der Waals surface area contributed by atoms with E-state index in [1.165, 1.54) is 25.7 Å². The van der Waals surface area contributed by atoms with Gasteiger partial charge >= 0.3 is 0 Å². The summed E-state index contributed by atoms with van der Waals surface area (Å²) in [7, 11) is 1.70. The van der Waals surface area contributed by atoms with Gasteiger partial charge in [0.2, 0.25) is 0 Å². The van der Waals surface area contributed by atoms with Crippen molar-refractivity contribution in [1.29, 1.82) is 0 Å². The van der Waals surface area contributed by atoms with Crippen LogP contribution in [-0.2, 0) is 6.54 Å². The molecular formula is C18H24N2O. The van der Waals surface area contributed by atoms with Crippen LogP contribution in [-0.4, -0.2) is 18.1 Å². The molecule has 1 fully saturated rings. The zero-order valence-corrected chi connectivity index (χ0v) is 12.9. The van der Waals surface area contributed by atoms with Crippen molar-refractivity contribution >= 4 is 10.9 Å². The Hall–Kier alpha value is -1.61. The van der Waals surface area contributed by atoms with Gasteiger partial charge in [-0.15, -0.1) is 0 Å². The molecule has 1 aromatic heterocycles. The number of para-hydroxylation sites is 1. The average Bonchev–Trinajstić information content (AvgIpc) is 3.06. The van der Waals surface area contributed by atoms with Gasteiger partial charge in [0.25, 0.3) is 0 Å². The molecule has 0 unspecified atom stereocenters. The molecule has 1 aliphatic rings. The minimum absolute atomic E-state index is 0.572. The third kappa shape index (κ3) is 3.18. The topological polar surface area (TPSA) is 34.1 Å². The number of methoxy groups -OCH3 is 1. The van der Waals surface area contributed by atoms with E-state index in [0.29, 0.717) is 6.04 Å². The molecule has 1 atom stereocenters. The second-order valence-corrected chi connectivity index (χ2v) is 6.05. The number of fused-ring (bicyclic) bond motifs is 1. The summed E-state index contributed by atoms with van der Waals surface area (Å²) in [5.41, 5.74) is 2.03. The highest BCUT2D eigenvalue weighted by molar-refractivity contribution is 5.84. The van der Waals surface area contributed by atoms with Crippen LogP contribution in [0.25, 0.3) is 10.9 Å². The largest absolute Gasteiger partial charge is 0.494 e. The van der Waals surface area contributed by atoms with Gasteiger partial charge in [0.1, 0.15) is 11.3 Å². The van der Waals surface area contributed by atoms with Crippen LogP contribution in [0.1, 0.15) is 38.3 Å². The Morgan fingerprint density at radius 2 is 2.05 bits per heavy atom. The van der Waals surface area contributed by atoms with Crippen LogP contribution in [0.3, 0.4) is 0 Å². The average molecular weight is 284 g/mol. The van der Waals surface area contributed by atoms with Crippen LogP contribution in [0, 0.1) is 5.92 Å². The predicted molar refractivity (Wildman–Crippen MR) is 86.6 cm³/mol. The van der Waals surface area contributed by atoms with Crippen LogP contribution in [0.2, 0.25) is 0 Å². The van der Waals surface area contributed by atoms with E-state index in [-0.39, 0.29) is 0 Å². The molecule has 3 rings (SSSR count). The summed E-state index contributed by atoms with van der Waals surface area (Å²) in [4.78, 5) is 4.76. The number of aromatic nitrogens is 1. The SMILES string of the molecule is COc1cccc2ccc(CN[C@H](C)C3CCCC3)nc12. The maximum absolute atomic E-state index is 5.41. The van der Waals surface area contributed by atoms with Gasteiger partial charge in [-0.2, -0.15) is 0 Å². The number of hydrogen-bond acceptors (Lipinski definition) is 3. The lowest BCUT2D eigenvalue weighted by Crippen LogP contribution is -2.32. The first-order valence-electron chi connectivity index (χ1n) is 7.94. The van der Waals surface area contributed by atoms with Crippen molar-refractivity contribution in [2.24, 2.45) is 5.92 Å². The summed E-state index contributed by atoms with van der Waals surface area (Å²) in [6.45, 7) is 3.13. The molecule has 1 saturated carbocycles. The molecule has 2 aromatic rings. The van der Waals surface area contributed by atoms with Crippen molar-refractivity contribution in [2.75, 3.05) is 7.11 Å². The molecule has 1 N–H and O–H groups in total. The highest BCUT2D eigenvalue weighted by Gasteiger charge is 2.20. The zero-order chi connectivity index (χ0) is 14.7. The highest BCUT2D eigenvalue weighted by atomic mass is 16.5. The standard InChI is InChI=1S/C18H24N2O/c1-13(14-6-3-4-7-14)19-12-16-11-10-15-8-5-9-17(21-2)18(15)20-16/h5,8-11,13-14,19H,3-4,6-7,12H2,1-2H3/t13-/m1/s1. The minimum atomic E-state index is 0.572. The monoisotopic (exact) mass is 284 g/mol. The molecule has 0 spiro atoms. The van der Waals surface area contributed by atoms with Gasteiger partial charge in [-0.3, -0.25) is 0 Å². The van der Waals surface area contributed by atoms with Gasteiger partial charge in [-0.1, -0.05) is 31.0 Å². The molecule has 1 heterocycles. The van der Waals surface area contributed by atoms with Crippen LogP contribution in [0.4, 0.5) is 0 Å². The van der Waals surface area contributed by atoms with Crippen molar-refractivity contribution in [1.82, 2.24) is 10.3 Å². The summed E-state index contributed by atoms with van der Waals surface area (Å²) in [6, 6.07) is 10.8. The second kappa shape index (κ2) is 6.44. The Labute approximate surface area is 126 Å². The number of hydrogen-bond donors (Lipinski definition) is 1. The Morgan fingerprint density at radius 1 is 1.24 bits per heavy atom. The Balaban J connectivity index is 1.72. The van der Waals surface area contributed by atoms with Gasteiger partial charge in [0.05, 0.1) is 12.8 Å². The number of benzene rings is 1. The summed E-state index contributed by atoms with van der Waals surface area (Å²) >= 11 is 0. The molecular weight excluding hydrogens is 260 g/mol. The number of nitrogens with one attached hydrogen (secondary N) is 1. The molecule has 112 valence electrons. The summed E-state index contributed by atoms with van der Waals surface area (Å²) < 4.78 is 5.41. The molecule has 1 aromatic carbocycles. The fourth-order valence-corrected chi connectivity index (χ4v) is 3.31. The Morgan fingerprint density at radius 3 is 2.81 bits per heavy atom. The Kier molecular flexibility index (Phi) is 4.39. The molecule has 21 heavy (non-hydrogen) atoms. The van der Waals surface area contributed by atoms with Crippen LogP contribution in [0.15, 0.2) is 30.3 Å². The molecule has 0 radical (unpaired) electrons. The lowest BCUT2D eigenvalue weighted by molar-refractivity contribution is 0.379. The smallest absolute Gasteiger partial charge is 0.145 e.